The van der Waals surface area contributed by atoms with Gasteiger partial charge >= 0.3 is 0 Å². The lowest BCUT2D eigenvalue weighted by Gasteiger charge is -2.16. The maximum Gasteiger partial charge on any atom is 0.264 e. The number of amides is 1. The first-order valence-corrected chi connectivity index (χ1v) is 8.74. The number of benzene rings is 1. The molecule has 1 aliphatic heterocycles. The molecular weight excluding hydrogens is 306 g/mol. The molecule has 1 heterocycles. The molecule has 1 aromatic rings. The van der Waals surface area contributed by atoms with E-state index in [2.05, 4.69) is 4.72 Å². The summed E-state index contributed by atoms with van der Waals surface area (Å²) < 4.78 is 37.3. The molecule has 0 aliphatic carbocycles. The summed E-state index contributed by atoms with van der Waals surface area (Å²) in [7, 11) is -3.88. The van der Waals surface area contributed by atoms with Gasteiger partial charge in [0.05, 0.1) is 17.6 Å². The van der Waals surface area contributed by atoms with E-state index in [9.17, 15) is 13.2 Å². The summed E-state index contributed by atoms with van der Waals surface area (Å²) in [5, 5.41) is 0. The van der Waals surface area contributed by atoms with Gasteiger partial charge in [0, 0.05) is 6.61 Å². The van der Waals surface area contributed by atoms with Gasteiger partial charge in [-0.3, -0.25) is 4.79 Å². The monoisotopic (exact) mass is 327 g/mol. The van der Waals surface area contributed by atoms with Crippen molar-refractivity contribution < 1.29 is 22.7 Å². The molecule has 0 saturated carbocycles. The lowest BCUT2D eigenvalue weighted by Crippen LogP contribution is -2.39. The van der Waals surface area contributed by atoms with Crippen molar-refractivity contribution in [2.24, 2.45) is 0 Å². The Morgan fingerprint density at radius 2 is 2.18 bits per heavy atom. The Morgan fingerprint density at radius 1 is 1.45 bits per heavy atom. The summed E-state index contributed by atoms with van der Waals surface area (Å²) in [4.78, 5) is 12.1. The van der Waals surface area contributed by atoms with Gasteiger partial charge in [-0.05, 0) is 38.3 Å². The number of sulfonamides is 1. The molecule has 22 heavy (non-hydrogen) atoms. The Kier molecular flexibility index (Phi) is 5.55. The Labute approximate surface area is 130 Å². The van der Waals surface area contributed by atoms with Crippen LogP contribution in [0.1, 0.15) is 25.3 Å². The molecule has 6 nitrogen and oxygen atoms in total. The molecule has 0 bridgehead atoms. The number of hydrogen-bond donors (Lipinski definition) is 1. The van der Waals surface area contributed by atoms with Gasteiger partial charge in [-0.2, -0.15) is 0 Å². The Balaban J connectivity index is 1.93. The molecule has 2 rings (SSSR count). The zero-order chi connectivity index (χ0) is 16.2. The second-order valence-electron chi connectivity index (χ2n) is 5.35. The fourth-order valence-electron chi connectivity index (χ4n) is 2.23. The van der Waals surface area contributed by atoms with Crippen molar-refractivity contribution in [1.29, 1.82) is 0 Å². The molecule has 1 saturated heterocycles. The summed E-state index contributed by atoms with van der Waals surface area (Å²) in [5.41, 5.74) is 0.579. The fourth-order valence-corrected chi connectivity index (χ4v) is 3.52. The predicted octanol–water partition coefficient (Wildman–Crippen LogP) is 1.38. The van der Waals surface area contributed by atoms with Crippen molar-refractivity contribution in [3.63, 3.8) is 0 Å². The highest BCUT2D eigenvalue weighted by Crippen LogP contribution is 2.15. The third-order valence-corrected chi connectivity index (χ3v) is 5.05. The summed E-state index contributed by atoms with van der Waals surface area (Å²) in [6.45, 7) is 4.20. The van der Waals surface area contributed by atoms with Crippen LogP contribution in [0.5, 0.6) is 0 Å². The fraction of sp³-hybridized carbons (Fsp3) is 0.533. The first-order chi connectivity index (χ1) is 10.4. The SMILES string of the molecule is Cc1ccccc1S(=O)(=O)NC(=O)[C@@H](C)OC[C@H]1CCCO1. The highest BCUT2D eigenvalue weighted by atomic mass is 32.2. The summed E-state index contributed by atoms with van der Waals surface area (Å²) in [6, 6.07) is 6.49. The summed E-state index contributed by atoms with van der Waals surface area (Å²) in [5.74, 6) is -0.679. The molecule has 0 radical (unpaired) electrons. The highest BCUT2D eigenvalue weighted by Gasteiger charge is 2.25. The van der Waals surface area contributed by atoms with Gasteiger partial charge in [-0.15, -0.1) is 0 Å². The zero-order valence-corrected chi connectivity index (χ0v) is 13.6. The van der Waals surface area contributed by atoms with E-state index in [-0.39, 0.29) is 11.0 Å². The van der Waals surface area contributed by atoms with Crippen LogP contribution >= 0.6 is 0 Å². The van der Waals surface area contributed by atoms with Gasteiger partial charge in [0.25, 0.3) is 15.9 Å². The molecule has 1 aliphatic rings. The van der Waals surface area contributed by atoms with E-state index in [1.165, 1.54) is 13.0 Å². The van der Waals surface area contributed by atoms with Crippen LogP contribution in [0.25, 0.3) is 0 Å². The van der Waals surface area contributed by atoms with Crippen LogP contribution in [-0.4, -0.2) is 39.7 Å². The van der Waals surface area contributed by atoms with E-state index in [1.807, 2.05) is 0 Å². The number of ether oxygens (including phenoxy) is 2. The second-order valence-corrected chi connectivity index (χ2v) is 7.00. The molecule has 0 unspecified atom stereocenters. The minimum Gasteiger partial charge on any atom is -0.376 e. The molecule has 122 valence electrons. The van der Waals surface area contributed by atoms with Crippen molar-refractivity contribution >= 4 is 15.9 Å². The average molecular weight is 327 g/mol. The number of nitrogens with one attached hydrogen (secondary N) is 1. The van der Waals surface area contributed by atoms with E-state index in [0.29, 0.717) is 18.8 Å². The number of hydrogen-bond acceptors (Lipinski definition) is 5. The minimum absolute atomic E-state index is 0.0109. The molecular formula is C15H21NO5S. The number of carbonyl (C=O) groups excluding carboxylic acids is 1. The Morgan fingerprint density at radius 3 is 2.82 bits per heavy atom. The van der Waals surface area contributed by atoms with Crippen molar-refractivity contribution in [3.8, 4) is 0 Å². The van der Waals surface area contributed by atoms with Crippen LogP contribution in [-0.2, 0) is 24.3 Å². The van der Waals surface area contributed by atoms with Crippen LogP contribution in [0.15, 0.2) is 29.2 Å². The quantitative estimate of drug-likeness (QED) is 0.854. The maximum atomic E-state index is 12.2. The van der Waals surface area contributed by atoms with Gasteiger partial charge in [0.1, 0.15) is 6.10 Å². The van der Waals surface area contributed by atoms with E-state index < -0.39 is 22.0 Å². The first-order valence-electron chi connectivity index (χ1n) is 7.25. The molecule has 2 atom stereocenters. The van der Waals surface area contributed by atoms with Crippen molar-refractivity contribution in [3.05, 3.63) is 29.8 Å². The summed E-state index contributed by atoms with van der Waals surface area (Å²) >= 11 is 0. The van der Waals surface area contributed by atoms with Gasteiger partial charge in [-0.25, -0.2) is 13.1 Å². The first kappa shape index (κ1) is 16.9. The van der Waals surface area contributed by atoms with Crippen LogP contribution in [0.3, 0.4) is 0 Å². The summed E-state index contributed by atoms with van der Waals surface area (Å²) in [6.07, 6.45) is 1.01. The number of carbonyl (C=O) groups is 1. The van der Waals surface area contributed by atoms with E-state index in [0.717, 1.165) is 12.8 Å². The molecule has 1 aromatic carbocycles. The molecule has 0 spiro atoms. The number of rotatable bonds is 6. The lowest BCUT2D eigenvalue weighted by molar-refractivity contribution is -0.131. The topological polar surface area (TPSA) is 81.7 Å². The normalized spacial score (nSPS) is 19.8. The van der Waals surface area contributed by atoms with Crippen molar-refractivity contribution in [2.75, 3.05) is 13.2 Å². The molecule has 1 N–H and O–H groups in total. The van der Waals surface area contributed by atoms with E-state index in [4.69, 9.17) is 9.47 Å². The smallest absolute Gasteiger partial charge is 0.264 e. The molecule has 1 fully saturated rings. The number of aryl methyl sites for hydroxylation is 1. The van der Waals surface area contributed by atoms with Gasteiger partial charge in [0.2, 0.25) is 0 Å². The minimum atomic E-state index is -3.88. The van der Waals surface area contributed by atoms with Crippen molar-refractivity contribution in [2.45, 2.75) is 43.8 Å². The second kappa shape index (κ2) is 7.21. The zero-order valence-electron chi connectivity index (χ0n) is 12.7. The largest absolute Gasteiger partial charge is 0.376 e. The van der Waals surface area contributed by atoms with Crippen LogP contribution in [0, 0.1) is 6.92 Å². The lowest BCUT2D eigenvalue weighted by atomic mass is 10.2. The van der Waals surface area contributed by atoms with Gasteiger partial charge in [-0.1, -0.05) is 18.2 Å². The maximum absolute atomic E-state index is 12.2. The van der Waals surface area contributed by atoms with E-state index in [1.54, 1.807) is 25.1 Å². The predicted molar refractivity (Wildman–Crippen MR) is 80.9 cm³/mol. The Hall–Kier alpha value is -1.44. The Bertz CT molecular complexity index is 623. The third kappa shape index (κ3) is 4.28. The standard InChI is InChI=1S/C15H21NO5S/c1-11-6-3-4-8-14(11)22(18,19)16-15(17)12(2)21-10-13-7-5-9-20-13/h3-4,6,8,12-13H,5,7,9-10H2,1-2H3,(H,16,17)/t12-,13-/m1/s1. The molecule has 0 aromatic heterocycles. The van der Waals surface area contributed by atoms with Crippen LogP contribution in [0.2, 0.25) is 0 Å². The van der Waals surface area contributed by atoms with Crippen LogP contribution in [0.4, 0.5) is 0 Å². The van der Waals surface area contributed by atoms with Crippen LogP contribution < -0.4 is 4.72 Å². The molecule has 1 amide bonds. The van der Waals surface area contributed by atoms with E-state index >= 15 is 0 Å². The van der Waals surface area contributed by atoms with Crippen molar-refractivity contribution in [1.82, 2.24) is 4.72 Å². The highest BCUT2D eigenvalue weighted by molar-refractivity contribution is 7.90. The van der Waals surface area contributed by atoms with Gasteiger partial charge < -0.3 is 9.47 Å². The third-order valence-electron chi connectivity index (χ3n) is 3.54. The molecule has 7 heteroatoms. The average Bonchev–Trinajstić information content (AvgIpc) is 2.97. The van der Waals surface area contributed by atoms with Gasteiger partial charge in [0.15, 0.2) is 0 Å².